The van der Waals surface area contributed by atoms with Crippen molar-refractivity contribution in [3.63, 3.8) is 0 Å². The first-order valence-electron chi connectivity index (χ1n) is 7.39. The molecular weight excluding hydrogens is 260 g/mol. The van der Waals surface area contributed by atoms with E-state index in [2.05, 4.69) is 17.4 Å². The van der Waals surface area contributed by atoms with Gasteiger partial charge in [-0.3, -0.25) is 4.79 Å². The van der Waals surface area contributed by atoms with Crippen LogP contribution in [0.4, 0.5) is 5.69 Å². The van der Waals surface area contributed by atoms with Crippen LogP contribution < -0.4 is 11.1 Å². The van der Waals surface area contributed by atoms with Crippen LogP contribution >= 0.6 is 0 Å². The molecule has 3 heteroatoms. The Bertz CT molecular complexity index is 549. The third kappa shape index (κ3) is 5.69. The van der Waals surface area contributed by atoms with Gasteiger partial charge in [0.15, 0.2) is 0 Å². The van der Waals surface area contributed by atoms with E-state index in [0.29, 0.717) is 13.0 Å². The highest BCUT2D eigenvalue weighted by Gasteiger charge is 2.01. The molecule has 1 amide bonds. The number of anilines is 1. The summed E-state index contributed by atoms with van der Waals surface area (Å²) >= 11 is 0. The number of carbonyl (C=O) groups excluding carboxylic acids is 1. The van der Waals surface area contributed by atoms with E-state index in [1.54, 1.807) is 0 Å². The summed E-state index contributed by atoms with van der Waals surface area (Å²) in [5, 5.41) is 2.96. The molecular formula is C18H22N2O. The van der Waals surface area contributed by atoms with Gasteiger partial charge >= 0.3 is 0 Å². The van der Waals surface area contributed by atoms with E-state index in [0.717, 1.165) is 24.9 Å². The zero-order valence-corrected chi connectivity index (χ0v) is 12.2. The van der Waals surface area contributed by atoms with Crippen molar-refractivity contribution < 1.29 is 4.79 Å². The molecule has 0 saturated heterocycles. The van der Waals surface area contributed by atoms with Gasteiger partial charge in [0.1, 0.15) is 0 Å². The standard InChI is InChI=1S/C18H22N2O/c19-17-11-9-16(10-12-17)13-14-20-18(21)8-4-7-15-5-2-1-3-6-15/h1-3,5-6,9-12H,4,7-8,13-14,19H2,(H,20,21). The molecule has 0 heterocycles. The molecule has 0 fully saturated rings. The summed E-state index contributed by atoms with van der Waals surface area (Å²) in [5.41, 5.74) is 8.88. The van der Waals surface area contributed by atoms with E-state index in [1.165, 1.54) is 11.1 Å². The van der Waals surface area contributed by atoms with Crippen molar-refractivity contribution >= 4 is 11.6 Å². The van der Waals surface area contributed by atoms with Crippen LogP contribution in [-0.2, 0) is 17.6 Å². The number of benzene rings is 2. The predicted octanol–water partition coefficient (Wildman–Crippen LogP) is 2.95. The average Bonchev–Trinajstić information content (AvgIpc) is 2.50. The Labute approximate surface area is 126 Å². The maximum atomic E-state index is 11.7. The van der Waals surface area contributed by atoms with Crippen molar-refractivity contribution in [1.29, 1.82) is 0 Å². The van der Waals surface area contributed by atoms with Crippen molar-refractivity contribution in [2.24, 2.45) is 0 Å². The van der Waals surface area contributed by atoms with Crippen LogP contribution in [-0.4, -0.2) is 12.5 Å². The SMILES string of the molecule is Nc1ccc(CCNC(=O)CCCc2ccccc2)cc1. The second-order valence-corrected chi connectivity index (χ2v) is 5.18. The summed E-state index contributed by atoms with van der Waals surface area (Å²) < 4.78 is 0. The van der Waals surface area contributed by atoms with Gasteiger partial charge in [-0.25, -0.2) is 0 Å². The van der Waals surface area contributed by atoms with Gasteiger partial charge in [0.2, 0.25) is 5.91 Å². The molecule has 0 unspecified atom stereocenters. The largest absolute Gasteiger partial charge is 0.399 e. The minimum absolute atomic E-state index is 0.126. The fraction of sp³-hybridized carbons (Fsp3) is 0.278. The van der Waals surface area contributed by atoms with Crippen LogP contribution in [0.1, 0.15) is 24.0 Å². The highest BCUT2D eigenvalue weighted by molar-refractivity contribution is 5.75. The Morgan fingerprint density at radius 1 is 0.905 bits per heavy atom. The Morgan fingerprint density at radius 3 is 2.29 bits per heavy atom. The fourth-order valence-corrected chi connectivity index (χ4v) is 2.22. The van der Waals surface area contributed by atoms with Gasteiger partial charge in [0.25, 0.3) is 0 Å². The number of amides is 1. The third-order valence-electron chi connectivity index (χ3n) is 3.43. The number of hydrogen-bond donors (Lipinski definition) is 2. The zero-order chi connectivity index (χ0) is 14.9. The summed E-state index contributed by atoms with van der Waals surface area (Å²) in [4.78, 5) is 11.7. The lowest BCUT2D eigenvalue weighted by atomic mass is 10.1. The number of rotatable bonds is 7. The van der Waals surface area contributed by atoms with E-state index >= 15 is 0 Å². The van der Waals surface area contributed by atoms with Gasteiger partial charge < -0.3 is 11.1 Å². The number of nitrogens with one attached hydrogen (secondary N) is 1. The lowest BCUT2D eigenvalue weighted by Crippen LogP contribution is -2.25. The first-order valence-corrected chi connectivity index (χ1v) is 7.39. The van der Waals surface area contributed by atoms with Gasteiger partial charge in [-0.15, -0.1) is 0 Å². The quantitative estimate of drug-likeness (QED) is 0.767. The predicted molar refractivity (Wildman–Crippen MR) is 86.9 cm³/mol. The molecule has 21 heavy (non-hydrogen) atoms. The van der Waals surface area contributed by atoms with Gasteiger partial charge in [0, 0.05) is 18.7 Å². The van der Waals surface area contributed by atoms with Crippen LogP contribution in [0.5, 0.6) is 0 Å². The first-order chi connectivity index (χ1) is 10.2. The lowest BCUT2D eigenvalue weighted by Gasteiger charge is -2.06. The maximum absolute atomic E-state index is 11.7. The summed E-state index contributed by atoms with van der Waals surface area (Å²) in [6.07, 6.45) is 3.26. The second kappa shape index (κ2) is 8.10. The van der Waals surface area contributed by atoms with Crippen molar-refractivity contribution in [1.82, 2.24) is 5.32 Å². The molecule has 0 aliphatic rings. The summed E-state index contributed by atoms with van der Waals surface area (Å²) in [6, 6.07) is 18.0. The minimum atomic E-state index is 0.126. The average molecular weight is 282 g/mol. The van der Waals surface area contributed by atoms with E-state index in [1.807, 2.05) is 42.5 Å². The second-order valence-electron chi connectivity index (χ2n) is 5.18. The molecule has 110 valence electrons. The number of nitrogens with two attached hydrogens (primary N) is 1. The number of aryl methyl sites for hydroxylation is 1. The normalized spacial score (nSPS) is 10.3. The topological polar surface area (TPSA) is 55.1 Å². The fourth-order valence-electron chi connectivity index (χ4n) is 2.22. The van der Waals surface area contributed by atoms with E-state index in [9.17, 15) is 4.79 Å². The number of carbonyl (C=O) groups is 1. The van der Waals surface area contributed by atoms with Crippen molar-refractivity contribution in [2.75, 3.05) is 12.3 Å². The first kappa shape index (κ1) is 15.1. The van der Waals surface area contributed by atoms with Crippen LogP contribution in [0.3, 0.4) is 0 Å². The molecule has 0 radical (unpaired) electrons. The molecule has 0 aromatic heterocycles. The maximum Gasteiger partial charge on any atom is 0.220 e. The summed E-state index contributed by atoms with van der Waals surface area (Å²) in [6.45, 7) is 0.675. The Kier molecular flexibility index (Phi) is 5.83. The molecule has 0 aliphatic carbocycles. The van der Waals surface area contributed by atoms with Crippen LogP contribution in [0.15, 0.2) is 54.6 Å². The number of nitrogen functional groups attached to an aromatic ring is 1. The van der Waals surface area contributed by atoms with Gasteiger partial charge in [-0.1, -0.05) is 42.5 Å². The van der Waals surface area contributed by atoms with Gasteiger partial charge in [-0.05, 0) is 42.5 Å². The summed E-state index contributed by atoms with van der Waals surface area (Å²) in [5.74, 6) is 0.126. The zero-order valence-electron chi connectivity index (χ0n) is 12.2. The molecule has 2 rings (SSSR count). The Hall–Kier alpha value is -2.29. The van der Waals surface area contributed by atoms with Crippen molar-refractivity contribution in [3.8, 4) is 0 Å². The lowest BCUT2D eigenvalue weighted by molar-refractivity contribution is -0.121. The molecule has 0 bridgehead atoms. The van der Waals surface area contributed by atoms with Crippen LogP contribution in [0.2, 0.25) is 0 Å². The summed E-state index contributed by atoms with van der Waals surface area (Å²) in [7, 11) is 0. The van der Waals surface area contributed by atoms with Crippen molar-refractivity contribution in [3.05, 3.63) is 65.7 Å². The molecule has 2 aromatic rings. The van der Waals surface area contributed by atoms with E-state index in [4.69, 9.17) is 5.73 Å². The van der Waals surface area contributed by atoms with E-state index < -0.39 is 0 Å². The third-order valence-corrected chi connectivity index (χ3v) is 3.43. The van der Waals surface area contributed by atoms with Gasteiger partial charge in [-0.2, -0.15) is 0 Å². The van der Waals surface area contributed by atoms with Crippen LogP contribution in [0, 0.1) is 0 Å². The Balaban J connectivity index is 1.60. The van der Waals surface area contributed by atoms with Crippen LogP contribution in [0.25, 0.3) is 0 Å². The molecule has 0 saturated carbocycles. The highest BCUT2D eigenvalue weighted by atomic mass is 16.1. The molecule has 3 N–H and O–H groups in total. The molecule has 0 aliphatic heterocycles. The molecule has 2 aromatic carbocycles. The number of hydrogen-bond acceptors (Lipinski definition) is 2. The van der Waals surface area contributed by atoms with Crippen molar-refractivity contribution in [2.45, 2.75) is 25.7 Å². The van der Waals surface area contributed by atoms with Gasteiger partial charge in [0.05, 0.1) is 0 Å². The highest BCUT2D eigenvalue weighted by Crippen LogP contribution is 2.06. The van der Waals surface area contributed by atoms with E-state index in [-0.39, 0.29) is 5.91 Å². The monoisotopic (exact) mass is 282 g/mol. The molecule has 0 spiro atoms. The molecule has 0 atom stereocenters. The minimum Gasteiger partial charge on any atom is -0.399 e. The smallest absolute Gasteiger partial charge is 0.220 e. The Morgan fingerprint density at radius 2 is 1.57 bits per heavy atom. The molecule has 3 nitrogen and oxygen atoms in total.